The molecule has 0 saturated heterocycles. The van der Waals surface area contributed by atoms with E-state index in [1.807, 2.05) is 29.1 Å². The van der Waals surface area contributed by atoms with E-state index in [2.05, 4.69) is 54.6 Å². The molecule has 0 unspecified atom stereocenters. The van der Waals surface area contributed by atoms with Crippen LogP contribution in [0.15, 0.2) is 48.8 Å². The molecular weight excluding hydrogens is 311 g/mol. The Balaban J connectivity index is 1.93. The van der Waals surface area contributed by atoms with Crippen molar-refractivity contribution in [3.05, 3.63) is 54.4 Å². The second-order valence-corrected chi connectivity index (χ2v) is 7.52. The quantitative estimate of drug-likeness (QED) is 0.683. The van der Waals surface area contributed by atoms with Gasteiger partial charge >= 0.3 is 6.98 Å². The number of pyridine rings is 1. The van der Waals surface area contributed by atoms with Crippen molar-refractivity contribution < 1.29 is 5.11 Å². The SMILES string of the molecule is CB1N(c2cc(C(C)(C)C)ccn2)c2cc(O)ccc2-c2ccnn21. The third kappa shape index (κ3) is 2.49. The Morgan fingerprint density at radius 1 is 1.04 bits per heavy atom. The molecule has 0 fully saturated rings. The van der Waals surface area contributed by atoms with Crippen LogP contribution in [0.4, 0.5) is 11.5 Å². The van der Waals surface area contributed by atoms with Gasteiger partial charge in [-0.15, -0.1) is 0 Å². The second kappa shape index (κ2) is 5.38. The summed E-state index contributed by atoms with van der Waals surface area (Å²) in [5.41, 5.74) is 4.29. The van der Waals surface area contributed by atoms with E-state index in [4.69, 9.17) is 0 Å². The Bertz CT molecular complexity index is 945. The van der Waals surface area contributed by atoms with Crippen LogP contribution in [0, 0.1) is 0 Å². The standard InChI is InChI=1S/C19H21BN4O/c1-19(2,3)13-7-9-21-18(11-13)23-17-12-14(25)5-6-15(17)16-8-10-22-24(16)20(23)4/h5-12,25H,1-4H3. The van der Waals surface area contributed by atoms with Crippen molar-refractivity contribution in [3.63, 3.8) is 0 Å². The van der Waals surface area contributed by atoms with E-state index in [9.17, 15) is 5.11 Å². The van der Waals surface area contributed by atoms with E-state index in [1.165, 1.54) is 5.56 Å². The maximum atomic E-state index is 10.1. The van der Waals surface area contributed by atoms with Crippen LogP contribution in [-0.4, -0.2) is 26.8 Å². The van der Waals surface area contributed by atoms with E-state index in [0.29, 0.717) is 0 Å². The number of fused-ring (bicyclic) bond motifs is 3. The van der Waals surface area contributed by atoms with Crippen molar-refractivity contribution >= 4 is 18.5 Å². The molecule has 0 atom stereocenters. The number of phenols is 1. The lowest BCUT2D eigenvalue weighted by Crippen LogP contribution is -2.44. The molecule has 1 aromatic carbocycles. The molecule has 1 N–H and O–H groups in total. The highest BCUT2D eigenvalue weighted by molar-refractivity contribution is 6.63. The maximum Gasteiger partial charge on any atom is 0.401 e. The zero-order valence-corrected chi connectivity index (χ0v) is 14.9. The molecule has 0 saturated carbocycles. The molecule has 4 rings (SSSR count). The summed E-state index contributed by atoms with van der Waals surface area (Å²) in [5.74, 6) is 1.10. The Morgan fingerprint density at radius 2 is 1.84 bits per heavy atom. The van der Waals surface area contributed by atoms with Gasteiger partial charge in [-0.05, 0) is 48.1 Å². The summed E-state index contributed by atoms with van der Waals surface area (Å²) in [7, 11) is 0. The number of hydrogen-bond donors (Lipinski definition) is 1. The second-order valence-electron chi connectivity index (χ2n) is 7.52. The largest absolute Gasteiger partial charge is 0.508 e. The highest BCUT2D eigenvalue weighted by Crippen LogP contribution is 2.41. The van der Waals surface area contributed by atoms with Crippen molar-refractivity contribution in [1.82, 2.24) is 14.7 Å². The minimum absolute atomic E-state index is 0.0369. The first-order chi connectivity index (χ1) is 11.9. The number of nitrogens with zero attached hydrogens (tertiary/aromatic N) is 4. The monoisotopic (exact) mass is 332 g/mol. The normalized spacial score (nSPS) is 13.6. The molecule has 3 aromatic rings. The lowest BCUT2D eigenvalue weighted by atomic mass is 9.73. The Hall–Kier alpha value is -2.76. The van der Waals surface area contributed by atoms with Crippen LogP contribution in [0.3, 0.4) is 0 Å². The Morgan fingerprint density at radius 3 is 2.60 bits per heavy atom. The predicted molar refractivity (Wildman–Crippen MR) is 101 cm³/mol. The summed E-state index contributed by atoms with van der Waals surface area (Å²) in [4.78, 5) is 6.75. The average Bonchev–Trinajstić information content (AvgIpc) is 3.04. The van der Waals surface area contributed by atoms with Crippen LogP contribution in [0.2, 0.25) is 6.82 Å². The number of benzene rings is 1. The number of aromatic hydroxyl groups is 1. The third-order valence-corrected chi connectivity index (χ3v) is 4.77. The summed E-state index contributed by atoms with van der Waals surface area (Å²) >= 11 is 0. The van der Waals surface area contributed by atoms with Gasteiger partial charge in [-0.25, -0.2) is 4.98 Å². The number of aromatic nitrogens is 3. The molecule has 25 heavy (non-hydrogen) atoms. The van der Waals surface area contributed by atoms with Gasteiger partial charge in [-0.1, -0.05) is 20.8 Å². The van der Waals surface area contributed by atoms with Gasteiger partial charge in [0.15, 0.2) is 0 Å². The third-order valence-electron chi connectivity index (χ3n) is 4.77. The van der Waals surface area contributed by atoms with E-state index in [1.54, 1.807) is 12.1 Å². The highest BCUT2D eigenvalue weighted by Gasteiger charge is 2.34. The van der Waals surface area contributed by atoms with E-state index in [-0.39, 0.29) is 18.1 Å². The summed E-state index contributed by atoms with van der Waals surface area (Å²) in [5, 5.41) is 14.5. The molecule has 2 aromatic heterocycles. The van der Waals surface area contributed by atoms with E-state index in [0.717, 1.165) is 22.8 Å². The molecule has 3 heterocycles. The fourth-order valence-electron chi connectivity index (χ4n) is 3.40. The average molecular weight is 332 g/mol. The smallest absolute Gasteiger partial charge is 0.401 e. The Labute approximate surface area is 148 Å². The minimum atomic E-state index is -0.0398. The molecule has 1 aliphatic heterocycles. The molecule has 126 valence electrons. The molecule has 6 heteroatoms. The highest BCUT2D eigenvalue weighted by atomic mass is 16.3. The summed E-state index contributed by atoms with van der Waals surface area (Å²) in [6, 6.07) is 11.6. The maximum absolute atomic E-state index is 10.1. The molecule has 0 spiro atoms. The van der Waals surface area contributed by atoms with Crippen LogP contribution >= 0.6 is 0 Å². The number of hydrogen-bond acceptors (Lipinski definition) is 4. The molecule has 0 aliphatic carbocycles. The van der Waals surface area contributed by atoms with E-state index >= 15 is 0 Å². The van der Waals surface area contributed by atoms with Gasteiger partial charge in [0.1, 0.15) is 11.6 Å². The molecule has 0 radical (unpaired) electrons. The van der Waals surface area contributed by atoms with Gasteiger partial charge in [0, 0.05) is 29.7 Å². The van der Waals surface area contributed by atoms with Gasteiger partial charge in [0.05, 0.1) is 5.69 Å². The van der Waals surface area contributed by atoms with Crippen LogP contribution in [0.25, 0.3) is 11.3 Å². The first-order valence-electron chi connectivity index (χ1n) is 8.49. The van der Waals surface area contributed by atoms with Crippen LogP contribution in [0.5, 0.6) is 5.75 Å². The summed E-state index contributed by atoms with van der Waals surface area (Å²) < 4.78 is 1.99. The predicted octanol–water partition coefficient (Wildman–Crippen LogP) is 4.07. The van der Waals surface area contributed by atoms with Crippen molar-refractivity contribution in [2.45, 2.75) is 33.0 Å². The lowest BCUT2D eigenvalue weighted by molar-refractivity contribution is 0.475. The number of anilines is 2. The first kappa shape index (κ1) is 15.8. The van der Waals surface area contributed by atoms with Crippen LogP contribution in [-0.2, 0) is 5.41 Å². The van der Waals surface area contributed by atoms with Crippen LogP contribution < -0.4 is 4.81 Å². The molecule has 0 amide bonds. The first-order valence-corrected chi connectivity index (χ1v) is 8.49. The zero-order valence-electron chi connectivity index (χ0n) is 14.9. The van der Waals surface area contributed by atoms with Crippen molar-refractivity contribution in [2.75, 3.05) is 4.81 Å². The molecule has 1 aliphatic rings. The fourth-order valence-corrected chi connectivity index (χ4v) is 3.40. The van der Waals surface area contributed by atoms with Gasteiger partial charge in [-0.3, -0.25) is 4.59 Å². The van der Waals surface area contributed by atoms with Crippen molar-refractivity contribution in [1.29, 1.82) is 0 Å². The Kier molecular flexibility index (Phi) is 3.39. The van der Waals surface area contributed by atoms with Gasteiger partial charge in [-0.2, -0.15) is 5.10 Å². The van der Waals surface area contributed by atoms with Gasteiger partial charge < -0.3 is 9.92 Å². The van der Waals surface area contributed by atoms with E-state index < -0.39 is 0 Å². The molecule has 5 nitrogen and oxygen atoms in total. The topological polar surface area (TPSA) is 54.2 Å². The van der Waals surface area contributed by atoms with Crippen LogP contribution in [0.1, 0.15) is 26.3 Å². The summed E-state index contributed by atoms with van der Waals surface area (Å²) in [6.45, 7) is 8.63. The van der Waals surface area contributed by atoms with Crippen molar-refractivity contribution in [2.24, 2.45) is 0 Å². The minimum Gasteiger partial charge on any atom is -0.508 e. The van der Waals surface area contributed by atoms with Gasteiger partial charge in [0.2, 0.25) is 0 Å². The molecular formula is C19H21BN4O. The number of rotatable bonds is 1. The van der Waals surface area contributed by atoms with Gasteiger partial charge in [0.25, 0.3) is 0 Å². The van der Waals surface area contributed by atoms with Crippen molar-refractivity contribution in [3.8, 4) is 17.0 Å². The molecule has 0 bridgehead atoms. The zero-order chi connectivity index (χ0) is 17.8. The number of phenolic OH excluding ortho intramolecular Hbond substituents is 1. The summed E-state index contributed by atoms with van der Waals surface area (Å²) in [6.07, 6.45) is 3.66. The fraction of sp³-hybridized carbons (Fsp3) is 0.263. The lowest BCUT2D eigenvalue weighted by Gasteiger charge is -2.35.